The van der Waals surface area contributed by atoms with Crippen LogP contribution < -0.4 is 4.90 Å². The summed E-state index contributed by atoms with van der Waals surface area (Å²) in [6.07, 6.45) is -8.89. The Bertz CT molecular complexity index is 1160. The number of hydrogen-bond donors (Lipinski definition) is 0. The minimum atomic E-state index is -4.74. The largest absolute Gasteiger partial charge is 0.433 e. The van der Waals surface area contributed by atoms with Gasteiger partial charge >= 0.3 is 12.4 Å². The molecule has 1 aliphatic heterocycles. The molecule has 2 heterocycles. The average molecular weight is 495 g/mol. The van der Waals surface area contributed by atoms with Crippen LogP contribution in [0.1, 0.15) is 37.9 Å². The van der Waals surface area contributed by atoms with Crippen LogP contribution in [0.5, 0.6) is 0 Å². The number of carbonyl (C=O) groups is 1. The highest BCUT2D eigenvalue weighted by molar-refractivity contribution is 7.92. The Labute approximate surface area is 185 Å². The van der Waals surface area contributed by atoms with Crippen molar-refractivity contribution < 1.29 is 39.6 Å². The molecule has 33 heavy (non-hydrogen) atoms. The Morgan fingerprint density at radius 2 is 1.70 bits per heavy atom. The highest BCUT2D eigenvalue weighted by Gasteiger charge is 2.47. The SMILES string of the molecule is CC(C)(C1CCN(c2nccc(C(F)(F)F)n2)C(=O)C1)S(=O)(=O)c1cccc(C(F)(F)F)c1. The maximum absolute atomic E-state index is 13.2. The molecule has 3 rings (SSSR count). The lowest BCUT2D eigenvalue weighted by Gasteiger charge is -2.39. The number of amides is 1. The molecule has 0 aliphatic carbocycles. The first-order valence-corrected chi connectivity index (χ1v) is 11.2. The van der Waals surface area contributed by atoms with Gasteiger partial charge in [-0.3, -0.25) is 9.69 Å². The monoisotopic (exact) mass is 495 g/mol. The van der Waals surface area contributed by atoms with E-state index in [-0.39, 0.29) is 19.4 Å². The number of sulfone groups is 1. The minimum Gasteiger partial charge on any atom is -0.281 e. The standard InChI is InChI=1S/C20H19F6N3O3S/c1-18(2,33(31,32)14-5-3-4-13(10-14)19(21,22)23)12-7-9-29(16(30)11-12)17-27-8-6-15(28-17)20(24,25)26/h3-6,8,10,12H,7,9,11H2,1-2H3. The second kappa shape index (κ2) is 8.26. The summed E-state index contributed by atoms with van der Waals surface area (Å²) >= 11 is 0. The van der Waals surface area contributed by atoms with Crippen LogP contribution in [0.15, 0.2) is 41.4 Å². The molecular formula is C20H19F6N3O3S. The van der Waals surface area contributed by atoms with E-state index >= 15 is 0 Å². The summed E-state index contributed by atoms with van der Waals surface area (Å²) in [6.45, 7) is 2.49. The van der Waals surface area contributed by atoms with Crippen LogP contribution in [-0.2, 0) is 27.0 Å². The quantitative estimate of drug-likeness (QED) is 0.584. The van der Waals surface area contributed by atoms with E-state index in [1.165, 1.54) is 13.8 Å². The number of alkyl halides is 6. The molecule has 180 valence electrons. The zero-order valence-electron chi connectivity index (χ0n) is 17.4. The van der Waals surface area contributed by atoms with E-state index in [0.717, 1.165) is 29.3 Å². The fraction of sp³-hybridized carbons (Fsp3) is 0.450. The molecule has 2 aromatic rings. The van der Waals surface area contributed by atoms with Crippen molar-refractivity contribution in [2.75, 3.05) is 11.4 Å². The van der Waals surface area contributed by atoms with E-state index in [2.05, 4.69) is 9.97 Å². The number of halogens is 6. The van der Waals surface area contributed by atoms with E-state index in [1.807, 2.05) is 0 Å². The second-order valence-electron chi connectivity index (χ2n) is 8.11. The Balaban J connectivity index is 1.85. The molecule has 13 heteroatoms. The van der Waals surface area contributed by atoms with Crippen molar-refractivity contribution in [3.8, 4) is 0 Å². The van der Waals surface area contributed by atoms with Crippen molar-refractivity contribution in [2.45, 2.75) is 48.7 Å². The number of benzene rings is 1. The number of aromatic nitrogens is 2. The molecule has 1 aromatic carbocycles. The van der Waals surface area contributed by atoms with E-state index in [0.29, 0.717) is 12.1 Å². The van der Waals surface area contributed by atoms with Gasteiger partial charge in [0.15, 0.2) is 9.84 Å². The van der Waals surface area contributed by atoms with Crippen LogP contribution in [-0.4, -0.2) is 35.6 Å². The first-order chi connectivity index (χ1) is 15.0. The fourth-order valence-corrected chi connectivity index (χ4v) is 5.42. The molecule has 0 spiro atoms. The predicted octanol–water partition coefficient (Wildman–Crippen LogP) is 4.51. The first kappa shape index (κ1) is 24.9. The highest BCUT2D eigenvalue weighted by Crippen LogP contribution is 2.40. The van der Waals surface area contributed by atoms with Crippen LogP contribution in [0.25, 0.3) is 0 Å². The Morgan fingerprint density at radius 1 is 1.03 bits per heavy atom. The van der Waals surface area contributed by atoms with Crippen molar-refractivity contribution in [1.82, 2.24) is 9.97 Å². The maximum atomic E-state index is 13.2. The molecule has 1 aliphatic rings. The van der Waals surface area contributed by atoms with Crippen molar-refractivity contribution in [3.63, 3.8) is 0 Å². The normalized spacial score (nSPS) is 18.5. The Morgan fingerprint density at radius 3 is 2.27 bits per heavy atom. The molecule has 0 N–H and O–H groups in total. The summed E-state index contributed by atoms with van der Waals surface area (Å²) in [6, 6.07) is 4.00. The van der Waals surface area contributed by atoms with Gasteiger partial charge in [-0.25, -0.2) is 18.4 Å². The van der Waals surface area contributed by atoms with Crippen LogP contribution in [0.3, 0.4) is 0 Å². The summed E-state index contributed by atoms with van der Waals surface area (Å²) in [5, 5.41) is 0. The number of anilines is 1. The van der Waals surface area contributed by atoms with Crippen molar-refractivity contribution >= 4 is 21.7 Å². The lowest BCUT2D eigenvalue weighted by atomic mass is 9.85. The Kier molecular flexibility index (Phi) is 6.24. The zero-order valence-corrected chi connectivity index (χ0v) is 18.2. The molecule has 1 saturated heterocycles. The topological polar surface area (TPSA) is 80.2 Å². The molecule has 6 nitrogen and oxygen atoms in total. The number of nitrogens with zero attached hydrogens (tertiary/aromatic N) is 3. The van der Waals surface area contributed by atoms with Gasteiger partial charge in [-0.05, 0) is 50.5 Å². The summed E-state index contributed by atoms with van der Waals surface area (Å²) < 4.78 is 103. The van der Waals surface area contributed by atoms with Gasteiger partial charge in [-0.1, -0.05) is 6.07 Å². The molecule has 1 aromatic heterocycles. The Hall–Kier alpha value is -2.70. The van der Waals surface area contributed by atoms with Gasteiger partial charge in [0.1, 0.15) is 5.69 Å². The average Bonchev–Trinajstić information content (AvgIpc) is 2.72. The number of hydrogen-bond acceptors (Lipinski definition) is 5. The maximum Gasteiger partial charge on any atom is 0.433 e. The summed E-state index contributed by atoms with van der Waals surface area (Å²) in [4.78, 5) is 20.2. The predicted molar refractivity (Wildman–Crippen MR) is 105 cm³/mol. The first-order valence-electron chi connectivity index (χ1n) is 9.67. The molecule has 1 atom stereocenters. The lowest BCUT2D eigenvalue weighted by Crippen LogP contribution is -2.49. The van der Waals surface area contributed by atoms with Crippen LogP contribution in [0, 0.1) is 5.92 Å². The molecule has 0 radical (unpaired) electrons. The lowest BCUT2D eigenvalue weighted by molar-refractivity contribution is -0.141. The van der Waals surface area contributed by atoms with Crippen molar-refractivity contribution in [3.05, 3.63) is 47.8 Å². The van der Waals surface area contributed by atoms with E-state index < -0.39 is 60.9 Å². The number of piperidine rings is 1. The van der Waals surface area contributed by atoms with E-state index in [4.69, 9.17) is 0 Å². The van der Waals surface area contributed by atoms with Gasteiger partial charge in [0.05, 0.1) is 15.2 Å². The van der Waals surface area contributed by atoms with Gasteiger partial charge in [0, 0.05) is 19.2 Å². The molecule has 1 fully saturated rings. The molecule has 0 bridgehead atoms. The van der Waals surface area contributed by atoms with Gasteiger partial charge in [-0.15, -0.1) is 0 Å². The third-order valence-electron chi connectivity index (χ3n) is 5.75. The zero-order chi connectivity index (χ0) is 24.8. The van der Waals surface area contributed by atoms with E-state index in [9.17, 15) is 39.6 Å². The van der Waals surface area contributed by atoms with Gasteiger partial charge in [0.2, 0.25) is 11.9 Å². The van der Waals surface area contributed by atoms with Crippen LogP contribution >= 0.6 is 0 Å². The minimum absolute atomic E-state index is 0.0660. The molecule has 1 amide bonds. The molecular weight excluding hydrogens is 476 g/mol. The number of carbonyl (C=O) groups excluding carboxylic acids is 1. The van der Waals surface area contributed by atoms with Crippen molar-refractivity contribution in [1.29, 1.82) is 0 Å². The van der Waals surface area contributed by atoms with Crippen LogP contribution in [0.4, 0.5) is 32.3 Å². The van der Waals surface area contributed by atoms with Gasteiger partial charge in [-0.2, -0.15) is 26.3 Å². The van der Waals surface area contributed by atoms with Gasteiger partial charge in [0.25, 0.3) is 0 Å². The van der Waals surface area contributed by atoms with Gasteiger partial charge < -0.3 is 0 Å². The molecule has 0 saturated carbocycles. The fourth-order valence-electron chi connectivity index (χ4n) is 3.64. The number of rotatable bonds is 4. The summed E-state index contributed by atoms with van der Waals surface area (Å²) in [5.41, 5.74) is -2.35. The highest BCUT2D eigenvalue weighted by atomic mass is 32.2. The third-order valence-corrected chi connectivity index (χ3v) is 8.34. The molecule has 1 unspecified atom stereocenters. The summed E-state index contributed by atoms with van der Waals surface area (Å²) in [7, 11) is -4.30. The van der Waals surface area contributed by atoms with E-state index in [1.54, 1.807) is 0 Å². The third kappa shape index (κ3) is 4.82. The summed E-state index contributed by atoms with van der Waals surface area (Å²) in [5.74, 6) is -1.93. The second-order valence-corrected chi connectivity index (χ2v) is 10.6. The smallest absolute Gasteiger partial charge is 0.281 e. The van der Waals surface area contributed by atoms with Crippen molar-refractivity contribution in [2.24, 2.45) is 5.92 Å². The van der Waals surface area contributed by atoms with Crippen LogP contribution in [0.2, 0.25) is 0 Å².